The third-order valence-electron chi connectivity index (χ3n) is 1.22. The predicted octanol–water partition coefficient (Wildman–Crippen LogP) is -2.44. The first-order valence-corrected chi connectivity index (χ1v) is 2.57. The van der Waals surface area contributed by atoms with Crippen LogP contribution in [0.25, 0.3) is 0 Å². The first kappa shape index (κ1) is 7.84. The van der Waals surface area contributed by atoms with Crippen LogP contribution in [0, 0.1) is 0 Å². The third kappa shape index (κ3) is 1.75. The maximum atomic E-state index is 5.52. The molecule has 0 atom stereocenters. The summed E-state index contributed by atoms with van der Waals surface area (Å²) in [7, 11) is 0. The van der Waals surface area contributed by atoms with Gasteiger partial charge in [0, 0.05) is 19.6 Å². The molecule has 8 N–H and O–H groups in total. The zero-order valence-electron chi connectivity index (χ0n) is 4.93. The average molecular weight is 118 g/mol. The molecule has 0 saturated heterocycles. The molecule has 0 fully saturated rings. The van der Waals surface area contributed by atoms with Gasteiger partial charge in [-0.25, -0.2) is 0 Å². The van der Waals surface area contributed by atoms with Crippen LogP contribution in [-0.4, -0.2) is 25.2 Å². The Morgan fingerprint density at radius 2 is 1.12 bits per heavy atom. The molecule has 0 radical (unpaired) electrons. The molecule has 0 spiro atoms. The van der Waals surface area contributed by atoms with Gasteiger partial charge in [0.05, 0.1) is 5.54 Å². The lowest BCUT2D eigenvalue weighted by Gasteiger charge is -2.22. The molecule has 0 aliphatic carbocycles. The molecule has 0 aromatic carbocycles. The highest BCUT2D eigenvalue weighted by Gasteiger charge is 2.17. The van der Waals surface area contributed by atoms with Gasteiger partial charge in [0.25, 0.3) is 0 Å². The van der Waals surface area contributed by atoms with Crippen molar-refractivity contribution in [2.24, 2.45) is 22.9 Å². The van der Waals surface area contributed by atoms with Gasteiger partial charge in [-0.2, -0.15) is 0 Å². The summed E-state index contributed by atoms with van der Waals surface area (Å²) in [6.07, 6.45) is 0. The summed E-state index contributed by atoms with van der Waals surface area (Å²) in [5, 5.41) is 0. The Morgan fingerprint density at radius 1 is 0.875 bits per heavy atom. The quantitative estimate of drug-likeness (QED) is 0.330. The maximum Gasteiger partial charge on any atom is 0.0526 e. The van der Waals surface area contributed by atoms with Gasteiger partial charge in [0.15, 0.2) is 0 Å². The van der Waals surface area contributed by atoms with Crippen LogP contribution >= 0.6 is 0 Å². The topological polar surface area (TPSA) is 104 Å². The summed E-state index contributed by atoms with van der Waals surface area (Å²) < 4.78 is 0. The van der Waals surface area contributed by atoms with Gasteiger partial charge in [0.2, 0.25) is 0 Å². The van der Waals surface area contributed by atoms with E-state index in [0.717, 1.165) is 0 Å². The molecule has 0 heterocycles. The second-order valence-electron chi connectivity index (χ2n) is 1.97. The lowest BCUT2D eigenvalue weighted by atomic mass is 10.0. The summed E-state index contributed by atoms with van der Waals surface area (Å²) >= 11 is 0. The van der Waals surface area contributed by atoms with E-state index in [1.807, 2.05) is 0 Å². The molecule has 4 heteroatoms. The van der Waals surface area contributed by atoms with Crippen molar-refractivity contribution in [1.82, 2.24) is 0 Å². The minimum absolute atomic E-state index is 0.347. The van der Waals surface area contributed by atoms with Crippen molar-refractivity contribution in [3.8, 4) is 0 Å². The van der Waals surface area contributed by atoms with Gasteiger partial charge in [-0.15, -0.1) is 0 Å². The predicted molar refractivity (Wildman–Crippen MR) is 34.1 cm³/mol. The first-order valence-electron chi connectivity index (χ1n) is 2.57. The smallest absolute Gasteiger partial charge is 0.0526 e. The molecule has 0 amide bonds. The van der Waals surface area contributed by atoms with Crippen molar-refractivity contribution in [3.63, 3.8) is 0 Å². The molecule has 50 valence electrons. The minimum atomic E-state index is -0.542. The maximum absolute atomic E-state index is 5.52. The molecule has 0 aliphatic heterocycles. The van der Waals surface area contributed by atoms with Crippen molar-refractivity contribution in [2.45, 2.75) is 5.54 Å². The van der Waals surface area contributed by atoms with Crippen molar-refractivity contribution in [2.75, 3.05) is 19.6 Å². The standard InChI is InChI=1S/C4H14N4/c5-1-4(8,2-6)3-7/h1-3,5-8H2. The molecule has 0 aromatic rings. The van der Waals surface area contributed by atoms with Gasteiger partial charge in [-0.3, -0.25) is 0 Å². The van der Waals surface area contributed by atoms with Gasteiger partial charge in [-0.05, 0) is 0 Å². The molecule has 0 aromatic heterocycles. The van der Waals surface area contributed by atoms with Crippen LogP contribution in [0.5, 0.6) is 0 Å². The van der Waals surface area contributed by atoms with E-state index in [2.05, 4.69) is 0 Å². The molecular formula is C4H14N4. The first-order chi connectivity index (χ1) is 3.68. The molecule has 0 saturated carbocycles. The number of nitrogens with two attached hydrogens (primary N) is 4. The Hall–Kier alpha value is -0.160. The van der Waals surface area contributed by atoms with Crippen LogP contribution in [0.1, 0.15) is 0 Å². The highest BCUT2D eigenvalue weighted by molar-refractivity contribution is 4.86. The van der Waals surface area contributed by atoms with Crippen molar-refractivity contribution < 1.29 is 0 Å². The summed E-state index contributed by atoms with van der Waals surface area (Å²) in [6.45, 7) is 1.04. The fourth-order valence-electron chi connectivity index (χ4n) is 0.250. The van der Waals surface area contributed by atoms with Gasteiger partial charge in [-0.1, -0.05) is 0 Å². The molecule has 0 rings (SSSR count). The number of hydrogen-bond acceptors (Lipinski definition) is 4. The van der Waals surface area contributed by atoms with Crippen LogP contribution in [0.4, 0.5) is 0 Å². The Morgan fingerprint density at radius 3 is 1.12 bits per heavy atom. The molecule has 8 heavy (non-hydrogen) atoms. The van der Waals surface area contributed by atoms with Crippen molar-refractivity contribution >= 4 is 0 Å². The molecule has 4 nitrogen and oxygen atoms in total. The van der Waals surface area contributed by atoms with Crippen LogP contribution < -0.4 is 22.9 Å². The van der Waals surface area contributed by atoms with E-state index in [-0.39, 0.29) is 0 Å². The van der Waals surface area contributed by atoms with Crippen molar-refractivity contribution in [3.05, 3.63) is 0 Å². The monoisotopic (exact) mass is 118 g/mol. The van der Waals surface area contributed by atoms with Crippen LogP contribution in [-0.2, 0) is 0 Å². The number of hydrogen-bond donors (Lipinski definition) is 4. The lowest BCUT2D eigenvalue weighted by molar-refractivity contribution is 0.457. The Bertz CT molecular complexity index is 50.8. The SMILES string of the molecule is NCC(N)(CN)CN. The molecular weight excluding hydrogens is 104 g/mol. The fourth-order valence-corrected chi connectivity index (χ4v) is 0.250. The van der Waals surface area contributed by atoms with E-state index >= 15 is 0 Å². The minimum Gasteiger partial charge on any atom is -0.329 e. The lowest BCUT2D eigenvalue weighted by Crippen LogP contribution is -2.58. The van der Waals surface area contributed by atoms with Gasteiger partial charge >= 0.3 is 0 Å². The normalized spacial score (nSPS) is 12.0. The Balaban J connectivity index is 3.58. The zero-order valence-corrected chi connectivity index (χ0v) is 4.93. The van der Waals surface area contributed by atoms with Crippen LogP contribution in [0.15, 0.2) is 0 Å². The van der Waals surface area contributed by atoms with E-state index in [1.54, 1.807) is 0 Å². The van der Waals surface area contributed by atoms with Gasteiger partial charge in [0.1, 0.15) is 0 Å². The summed E-state index contributed by atoms with van der Waals surface area (Å²) in [5.74, 6) is 0. The molecule has 0 aliphatic rings. The van der Waals surface area contributed by atoms with Crippen LogP contribution in [0.3, 0.4) is 0 Å². The Labute approximate surface area is 49.2 Å². The largest absolute Gasteiger partial charge is 0.329 e. The summed E-state index contributed by atoms with van der Waals surface area (Å²) in [4.78, 5) is 0. The summed E-state index contributed by atoms with van der Waals surface area (Å²) in [6, 6.07) is 0. The zero-order chi connectivity index (χ0) is 6.62. The van der Waals surface area contributed by atoms with E-state index in [4.69, 9.17) is 22.9 Å². The van der Waals surface area contributed by atoms with E-state index in [1.165, 1.54) is 0 Å². The van der Waals surface area contributed by atoms with Crippen molar-refractivity contribution in [1.29, 1.82) is 0 Å². The second kappa shape index (κ2) is 2.99. The summed E-state index contributed by atoms with van der Waals surface area (Å²) in [5.41, 5.74) is 20.7. The average Bonchev–Trinajstić information content (AvgIpc) is 1.87. The second-order valence-corrected chi connectivity index (χ2v) is 1.97. The fraction of sp³-hybridized carbons (Fsp3) is 1.00. The van der Waals surface area contributed by atoms with E-state index in [9.17, 15) is 0 Å². The molecule has 0 bridgehead atoms. The number of rotatable bonds is 3. The van der Waals surface area contributed by atoms with E-state index in [0.29, 0.717) is 19.6 Å². The van der Waals surface area contributed by atoms with Gasteiger partial charge < -0.3 is 22.9 Å². The van der Waals surface area contributed by atoms with E-state index < -0.39 is 5.54 Å². The third-order valence-corrected chi connectivity index (χ3v) is 1.22. The highest BCUT2D eigenvalue weighted by atomic mass is 14.9. The highest BCUT2D eigenvalue weighted by Crippen LogP contribution is 1.88. The molecule has 0 unspecified atom stereocenters. The Kier molecular flexibility index (Phi) is 2.93. The van der Waals surface area contributed by atoms with Crippen LogP contribution in [0.2, 0.25) is 0 Å².